The first-order valence-electron chi connectivity index (χ1n) is 8.96. The van der Waals surface area contributed by atoms with Gasteiger partial charge in [0.15, 0.2) is 0 Å². The van der Waals surface area contributed by atoms with Crippen molar-refractivity contribution in [3.05, 3.63) is 12.2 Å². The zero-order valence-corrected chi connectivity index (χ0v) is 14.1. The van der Waals surface area contributed by atoms with Gasteiger partial charge in [0.25, 0.3) is 0 Å². The molecule has 0 unspecified atom stereocenters. The molecular formula is C18H38N2. The molecule has 0 atom stereocenters. The highest BCUT2D eigenvalue weighted by atomic mass is 15.3. The molecule has 0 aliphatic heterocycles. The standard InChI is InChI=1S/C18H38N2/c1-3-4-5-6-7-8-9-10-11-12-13-14-15-16-17-18-20-19-2/h10-11,19-20H,3-9,12-18H2,1-2H3. The Hall–Kier alpha value is -0.340. The predicted octanol–water partition coefficient (Wildman–Crippen LogP) is 5.36. The van der Waals surface area contributed by atoms with Crippen molar-refractivity contribution in [2.45, 2.75) is 90.4 Å². The fourth-order valence-electron chi connectivity index (χ4n) is 2.41. The molecule has 0 heterocycles. The molecule has 0 saturated heterocycles. The third-order valence-corrected chi connectivity index (χ3v) is 3.74. The Morgan fingerprint density at radius 2 is 1.15 bits per heavy atom. The number of hydrazine groups is 1. The Balaban J connectivity index is 3.01. The monoisotopic (exact) mass is 282 g/mol. The smallest absolute Gasteiger partial charge is 0.00996 e. The van der Waals surface area contributed by atoms with Gasteiger partial charge in [-0.05, 0) is 39.2 Å². The van der Waals surface area contributed by atoms with E-state index in [4.69, 9.17) is 0 Å². The number of hydrogen-bond acceptors (Lipinski definition) is 2. The lowest BCUT2D eigenvalue weighted by molar-refractivity contribution is 0.538. The molecule has 0 aromatic carbocycles. The van der Waals surface area contributed by atoms with Crippen LogP contribution in [0.3, 0.4) is 0 Å². The summed E-state index contributed by atoms with van der Waals surface area (Å²) in [6, 6.07) is 0. The predicted molar refractivity (Wildman–Crippen MR) is 91.9 cm³/mol. The van der Waals surface area contributed by atoms with Crippen LogP contribution in [0.4, 0.5) is 0 Å². The Kier molecular flexibility index (Phi) is 18.3. The molecule has 0 saturated carbocycles. The number of hydrogen-bond donors (Lipinski definition) is 2. The van der Waals surface area contributed by atoms with Crippen molar-refractivity contribution in [1.82, 2.24) is 10.9 Å². The van der Waals surface area contributed by atoms with E-state index in [2.05, 4.69) is 29.9 Å². The maximum atomic E-state index is 3.13. The molecule has 0 aromatic rings. The van der Waals surface area contributed by atoms with E-state index in [1.165, 1.54) is 83.5 Å². The van der Waals surface area contributed by atoms with Crippen molar-refractivity contribution in [2.75, 3.05) is 13.6 Å². The lowest BCUT2D eigenvalue weighted by Gasteiger charge is -2.02. The molecule has 0 aromatic heterocycles. The summed E-state index contributed by atoms with van der Waals surface area (Å²) in [6.45, 7) is 3.37. The van der Waals surface area contributed by atoms with Crippen LogP contribution in [0.15, 0.2) is 12.2 Å². The van der Waals surface area contributed by atoms with E-state index >= 15 is 0 Å². The second-order valence-corrected chi connectivity index (χ2v) is 5.76. The lowest BCUT2D eigenvalue weighted by Crippen LogP contribution is -2.28. The van der Waals surface area contributed by atoms with E-state index in [0.29, 0.717) is 0 Å². The van der Waals surface area contributed by atoms with Gasteiger partial charge in [0.05, 0.1) is 0 Å². The van der Waals surface area contributed by atoms with Crippen LogP contribution >= 0.6 is 0 Å². The van der Waals surface area contributed by atoms with Crippen molar-refractivity contribution < 1.29 is 0 Å². The second-order valence-electron chi connectivity index (χ2n) is 5.76. The summed E-state index contributed by atoms with van der Waals surface area (Å²) < 4.78 is 0. The van der Waals surface area contributed by atoms with E-state index in [0.717, 1.165) is 6.54 Å². The summed E-state index contributed by atoms with van der Waals surface area (Å²) in [5.41, 5.74) is 6.09. The maximum absolute atomic E-state index is 3.13. The molecule has 0 rings (SSSR count). The molecule has 0 amide bonds. The van der Waals surface area contributed by atoms with Gasteiger partial charge in [-0.2, -0.15) is 0 Å². The molecule has 0 spiro atoms. The third kappa shape index (κ3) is 17.7. The van der Waals surface area contributed by atoms with E-state index < -0.39 is 0 Å². The molecule has 120 valence electrons. The van der Waals surface area contributed by atoms with Crippen LogP contribution in [0, 0.1) is 0 Å². The van der Waals surface area contributed by atoms with Gasteiger partial charge in [0.1, 0.15) is 0 Å². The molecule has 2 N–H and O–H groups in total. The summed E-state index contributed by atoms with van der Waals surface area (Å²) in [4.78, 5) is 0. The van der Waals surface area contributed by atoms with Gasteiger partial charge < -0.3 is 0 Å². The highest BCUT2D eigenvalue weighted by molar-refractivity contribution is 4.81. The Morgan fingerprint density at radius 1 is 0.650 bits per heavy atom. The number of rotatable bonds is 16. The number of nitrogens with one attached hydrogen (secondary N) is 2. The zero-order valence-electron chi connectivity index (χ0n) is 14.1. The minimum absolute atomic E-state index is 1.09. The average molecular weight is 283 g/mol. The Bertz CT molecular complexity index is 190. The average Bonchev–Trinajstić information content (AvgIpc) is 2.47. The Labute approximate surface area is 127 Å². The van der Waals surface area contributed by atoms with Gasteiger partial charge >= 0.3 is 0 Å². The largest absolute Gasteiger partial charge is 0.261 e. The van der Waals surface area contributed by atoms with Crippen molar-refractivity contribution in [1.29, 1.82) is 0 Å². The van der Waals surface area contributed by atoms with Crippen LogP contribution in [0.2, 0.25) is 0 Å². The van der Waals surface area contributed by atoms with Crippen LogP contribution < -0.4 is 10.9 Å². The summed E-state index contributed by atoms with van der Waals surface area (Å²) in [7, 11) is 1.93. The molecular weight excluding hydrogens is 244 g/mol. The van der Waals surface area contributed by atoms with E-state index in [1.807, 2.05) is 7.05 Å². The summed E-state index contributed by atoms with van der Waals surface area (Å²) >= 11 is 0. The Morgan fingerprint density at radius 3 is 1.70 bits per heavy atom. The quantitative estimate of drug-likeness (QED) is 0.226. The van der Waals surface area contributed by atoms with Gasteiger partial charge in [0, 0.05) is 6.54 Å². The highest BCUT2D eigenvalue weighted by Crippen LogP contribution is 2.09. The lowest BCUT2D eigenvalue weighted by atomic mass is 10.1. The van der Waals surface area contributed by atoms with Crippen molar-refractivity contribution in [3.63, 3.8) is 0 Å². The van der Waals surface area contributed by atoms with Crippen molar-refractivity contribution >= 4 is 0 Å². The van der Waals surface area contributed by atoms with Crippen LogP contribution in [-0.4, -0.2) is 13.6 Å². The molecule has 2 nitrogen and oxygen atoms in total. The second kappa shape index (κ2) is 18.7. The number of unbranched alkanes of at least 4 members (excludes halogenated alkanes) is 11. The first-order valence-corrected chi connectivity index (χ1v) is 8.96. The molecule has 20 heavy (non-hydrogen) atoms. The minimum atomic E-state index is 1.09. The van der Waals surface area contributed by atoms with Crippen LogP contribution in [-0.2, 0) is 0 Å². The molecule has 0 aliphatic rings. The van der Waals surface area contributed by atoms with E-state index in [1.54, 1.807) is 0 Å². The zero-order chi connectivity index (χ0) is 14.7. The third-order valence-electron chi connectivity index (χ3n) is 3.74. The highest BCUT2D eigenvalue weighted by Gasteiger charge is 1.90. The fourth-order valence-corrected chi connectivity index (χ4v) is 2.41. The number of allylic oxidation sites excluding steroid dienone is 2. The molecule has 2 heteroatoms. The van der Waals surface area contributed by atoms with Gasteiger partial charge in [-0.25, -0.2) is 0 Å². The van der Waals surface area contributed by atoms with Crippen LogP contribution in [0.5, 0.6) is 0 Å². The fraction of sp³-hybridized carbons (Fsp3) is 0.889. The van der Waals surface area contributed by atoms with Gasteiger partial charge in [-0.15, -0.1) is 0 Å². The van der Waals surface area contributed by atoms with E-state index in [9.17, 15) is 0 Å². The van der Waals surface area contributed by atoms with Gasteiger partial charge in [-0.1, -0.05) is 70.4 Å². The molecule has 0 bridgehead atoms. The topological polar surface area (TPSA) is 24.1 Å². The molecule has 0 radical (unpaired) electrons. The van der Waals surface area contributed by atoms with Crippen molar-refractivity contribution in [3.8, 4) is 0 Å². The van der Waals surface area contributed by atoms with E-state index in [-0.39, 0.29) is 0 Å². The van der Waals surface area contributed by atoms with Gasteiger partial charge in [-0.3, -0.25) is 10.9 Å². The molecule has 0 fully saturated rings. The van der Waals surface area contributed by atoms with Crippen molar-refractivity contribution in [2.24, 2.45) is 0 Å². The first-order chi connectivity index (χ1) is 9.91. The maximum Gasteiger partial charge on any atom is 0.00996 e. The SMILES string of the molecule is CCCCCCCCC=CCCCCCCCNNC. The summed E-state index contributed by atoms with van der Waals surface area (Å²) in [6.07, 6.45) is 22.6. The van der Waals surface area contributed by atoms with Crippen LogP contribution in [0.1, 0.15) is 90.4 Å². The first kappa shape index (κ1) is 19.7. The normalized spacial score (nSPS) is 11.5. The summed E-state index contributed by atoms with van der Waals surface area (Å²) in [5.74, 6) is 0. The minimum Gasteiger partial charge on any atom is -0.261 e. The summed E-state index contributed by atoms with van der Waals surface area (Å²) in [5, 5.41) is 0. The molecule has 0 aliphatic carbocycles. The van der Waals surface area contributed by atoms with Gasteiger partial charge in [0.2, 0.25) is 0 Å². The van der Waals surface area contributed by atoms with Crippen LogP contribution in [0.25, 0.3) is 0 Å².